The molecule has 0 atom stereocenters. The minimum Gasteiger partial charge on any atom is -0.341 e. The van der Waals surface area contributed by atoms with E-state index in [1.807, 2.05) is 36.4 Å². The molecule has 1 N–H and O–H groups in total. The van der Waals surface area contributed by atoms with Crippen molar-refractivity contribution in [2.24, 2.45) is 0 Å². The lowest BCUT2D eigenvalue weighted by Gasteiger charge is -2.07. The number of benzene rings is 2. The Bertz CT molecular complexity index is 847. The highest BCUT2D eigenvalue weighted by Crippen LogP contribution is 2.12. The second-order valence-corrected chi connectivity index (χ2v) is 4.62. The topological polar surface area (TPSA) is 72.7 Å². The van der Waals surface area contributed by atoms with Gasteiger partial charge in [0.1, 0.15) is 6.33 Å². The molecule has 23 heavy (non-hydrogen) atoms. The van der Waals surface area contributed by atoms with Gasteiger partial charge in [-0.1, -0.05) is 42.2 Å². The molecular formula is C17H13N5O. The average molecular weight is 303 g/mol. The zero-order chi connectivity index (χ0) is 15.9. The molecule has 0 fully saturated rings. The van der Waals surface area contributed by atoms with E-state index in [1.54, 1.807) is 18.2 Å². The number of para-hydroxylation sites is 1. The molecule has 3 rings (SSSR count). The number of aromatic nitrogens is 4. The number of carbonyl (C=O) groups excluding carboxylic acids is 1. The normalized spacial score (nSPS) is 9.74. The SMILES string of the molecule is O=C(NCC#Cc1ccccc1)c1ccccc1-n1cnnn1. The molecule has 0 spiro atoms. The molecule has 0 aliphatic rings. The van der Waals surface area contributed by atoms with E-state index in [-0.39, 0.29) is 12.5 Å². The van der Waals surface area contributed by atoms with Gasteiger partial charge in [0.15, 0.2) is 0 Å². The summed E-state index contributed by atoms with van der Waals surface area (Å²) < 4.78 is 1.45. The van der Waals surface area contributed by atoms with Gasteiger partial charge < -0.3 is 5.32 Å². The molecule has 2 aromatic carbocycles. The van der Waals surface area contributed by atoms with Crippen molar-refractivity contribution >= 4 is 5.91 Å². The number of rotatable bonds is 3. The Hall–Kier alpha value is -3.46. The fourth-order valence-corrected chi connectivity index (χ4v) is 2.02. The van der Waals surface area contributed by atoms with Crippen LogP contribution in [0, 0.1) is 11.8 Å². The van der Waals surface area contributed by atoms with Crippen molar-refractivity contribution in [2.75, 3.05) is 6.54 Å². The minimum atomic E-state index is -0.224. The molecule has 1 amide bonds. The lowest BCUT2D eigenvalue weighted by molar-refractivity contribution is 0.0958. The Morgan fingerprint density at radius 3 is 2.65 bits per heavy atom. The molecular weight excluding hydrogens is 290 g/mol. The van der Waals surface area contributed by atoms with E-state index in [4.69, 9.17) is 0 Å². The smallest absolute Gasteiger partial charge is 0.254 e. The molecule has 112 valence electrons. The first-order chi connectivity index (χ1) is 11.3. The van der Waals surface area contributed by atoms with Crippen molar-refractivity contribution in [2.45, 2.75) is 0 Å². The Kier molecular flexibility index (Phi) is 4.41. The maximum atomic E-state index is 12.3. The van der Waals surface area contributed by atoms with Gasteiger partial charge in [0.05, 0.1) is 17.8 Å². The van der Waals surface area contributed by atoms with Crippen LogP contribution in [0.15, 0.2) is 60.9 Å². The highest BCUT2D eigenvalue weighted by molar-refractivity contribution is 5.97. The summed E-state index contributed by atoms with van der Waals surface area (Å²) in [7, 11) is 0. The van der Waals surface area contributed by atoms with Crippen LogP contribution >= 0.6 is 0 Å². The fourth-order valence-electron chi connectivity index (χ4n) is 2.02. The number of nitrogens with zero attached hydrogens (tertiary/aromatic N) is 4. The van der Waals surface area contributed by atoms with E-state index >= 15 is 0 Å². The molecule has 1 aromatic heterocycles. The van der Waals surface area contributed by atoms with Gasteiger partial charge in [0.2, 0.25) is 0 Å². The Morgan fingerprint density at radius 2 is 1.87 bits per heavy atom. The van der Waals surface area contributed by atoms with Crippen LogP contribution in [-0.4, -0.2) is 32.7 Å². The first-order valence-corrected chi connectivity index (χ1v) is 6.99. The zero-order valence-corrected chi connectivity index (χ0v) is 12.2. The molecule has 0 radical (unpaired) electrons. The summed E-state index contributed by atoms with van der Waals surface area (Å²) in [6.45, 7) is 0.262. The van der Waals surface area contributed by atoms with Crippen molar-refractivity contribution in [3.8, 4) is 17.5 Å². The third-order valence-electron chi connectivity index (χ3n) is 3.09. The minimum absolute atomic E-state index is 0.224. The van der Waals surface area contributed by atoms with Crippen LogP contribution in [0.5, 0.6) is 0 Å². The van der Waals surface area contributed by atoms with Crippen molar-refractivity contribution in [3.63, 3.8) is 0 Å². The Balaban J connectivity index is 1.69. The predicted octanol–water partition coefficient (Wildman–Crippen LogP) is 1.44. The summed E-state index contributed by atoms with van der Waals surface area (Å²) >= 11 is 0. The van der Waals surface area contributed by atoms with Crippen molar-refractivity contribution in [3.05, 3.63) is 72.1 Å². The largest absolute Gasteiger partial charge is 0.341 e. The number of hydrogen-bond donors (Lipinski definition) is 1. The zero-order valence-electron chi connectivity index (χ0n) is 12.2. The van der Waals surface area contributed by atoms with Crippen molar-refractivity contribution in [1.82, 2.24) is 25.5 Å². The molecule has 0 saturated carbocycles. The highest BCUT2D eigenvalue weighted by Gasteiger charge is 2.12. The second kappa shape index (κ2) is 7.00. The lowest BCUT2D eigenvalue weighted by Crippen LogP contribution is -2.25. The maximum Gasteiger partial charge on any atom is 0.254 e. The van der Waals surface area contributed by atoms with Crippen LogP contribution in [0.3, 0.4) is 0 Å². The molecule has 0 unspecified atom stereocenters. The number of tetrazole rings is 1. The van der Waals surface area contributed by atoms with E-state index in [2.05, 4.69) is 32.7 Å². The third-order valence-corrected chi connectivity index (χ3v) is 3.09. The van der Waals surface area contributed by atoms with Gasteiger partial charge in [0.25, 0.3) is 5.91 Å². The first-order valence-electron chi connectivity index (χ1n) is 6.99. The van der Waals surface area contributed by atoms with Crippen molar-refractivity contribution in [1.29, 1.82) is 0 Å². The second-order valence-electron chi connectivity index (χ2n) is 4.62. The van der Waals surface area contributed by atoms with Crippen LogP contribution in [0.4, 0.5) is 0 Å². The molecule has 6 heteroatoms. The Morgan fingerprint density at radius 1 is 1.09 bits per heavy atom. The molecule has 1 heterocycles. The maximum absolute atomic E-state index is 12.3. The number of hydrogen-bond acceptors (Lipinski definition) is 4. The van der Waals surface area contributed by atoms with Gasteiger partial charge in [-0.25, -0.2) is 0 Å². The van der Waals surface area contributed by atoms with Gasteiger partial charge >= 0.3 is 0 Å². The van der Waals surface area contributed by atoms with E-state index in [0.717, 1.165) is 5.56 Å². The van der Waals surface area contributed by atoms with Crippen molar-refractivity contribution < 1.29 is 4.79 Å². The fraction of sp³-hybridized carbons (Fsp3) is 0.0588. The van der Waals surface area contributed by atoms with Gasteiger partial charge in [-0.2, -0.15) is 4.68 Å². The summed E-state index contributed by atoms with van der Waals surface area (Å²) in [6.07, 6.45) is 1.45. The van der Waals surface area contributed by atoms with E-state index < -0.39 is 0 Å². The standard InChI is InChI=1S/C17H13N5O/c23-17(18-12-6-9-14-7-2-1-3-8-14)15-10-4-5-11-16(15)22-13-19-20-21-22/h1-5,7-8,10-11,13H,12H2,(H,18,23). The summed E-state index contributed by atoms with van der Waals surface area (Å²) in [5, 5.41) is 13.8. The lowest BCUT2D eigenvalue weighted by atomic mass is 10.1. The number of nitrogens with one attached hydrogen (secondary N) is 1. The quantitative estimate of drug-likeness (QED) is 0.743. The van der Waals surface area contributed by atoms with Gasteiger partial charge in [-0.3, -0.25) is 4.79 Å². The van der Waals surface area contributed by atoms with Crippen LogP contribution in [0.1, 0.15) is 15.9 Å². The summed E-state index contributed by atoms with van der Waals surface area (Å²) in [4.78, 5) is 12.3. The highest BCUT2D eigenvalue weighted by atomic mass is 16.1. The van der Waals surface area contributed by atoms with Gasteiger partial charge in [0, 0.05) is 5.56 Å². The van der Waals surface area contributed by atoms with Crippen LogP contribution in [-0.2, 0) is 0 Å². The average Bonchev–Trinajstić information content (AvgIpc) is 3.14. The van der Waals surface area contributed by atoms with Crippen LogP contribution in [0.2, 0.25) is 0 Å². The van der Waals surface area contributed by atoms with E-state index in [9.17, 15) is 4.79 Å². The molecule has 0 saturated heterocycles. The summed E-state index contributed by atoms with van der Waals surface area (Å²) in [5.74, 6) is 5.70. The van der Waals surface area contributed by atoms with E-state index in [0.29, 0.717) is 11.3 Å². The predicted molar refractivity (Wildman–Crippen MR) is 84.8 cm³/mol. The molecule has 6 nitrogen and oxygen atoms in total. The van der Waals surface area contributed by atoms with Gasteiger partial charge in [-0.15, -0.1) is 5.10 Å². The monoisotopic (exact) mass is 303 g/mol. The van der Waals surface area contributed by atoms with Gasteiger partial charge in [-0.05, 0) is 34.7 Å². The number of carbonyl (C=O) groups is 1. The molecule has 3 aromatic rings. The first kappa shape index (κ1) is 14.5. The summed E-state index contributed by atoms with van der Waals surface area (Å²) in [6, 6.07) is 16.7. The van der Waals surface area contributed by atoms with Crippen LogP contribution in [0.25, 0.3) is 5.69 Å². The van der Waals surface area contributed by atoms with Crippen LogP contribution < -0.4 is 5.32 Å². The molecule has 0 aliphatic heterocycles. The Labute approximate surface area is 133 Å². The summed E-state index contributed by atoms with van der Waals surface area (Å²) in [5.41, 5.74) is 2.02. The van der Waals surface area contributed by atoms with E-state index in [1.165, 1.54) is 11.0 Å². The molecule has 0 aliphatic carbocycles. The number of amides is 1. The molecule has 0 bridgehead atoms. The third kappa shape index (κ3) is 3.60.